The van der Waals surface area contributed by atoms with Crippen molar-refractivity contribution in [3.8, 4) is 0 Å². The minimum absolute atomic E-state index is 0.0140. The van der Waals surface area contributed by atoms with Crippen LogP contribution in [-0.4, -0.2) is 55.1 Å². The number of rotatable bonds is 5. The van der Waals surface area contributed by atoms with Crippen molar-refractivity contribution < 1.29 is 9.90 Å². The Kier molecular flexibility index (Phi) is 5.69. The van der Waals surface area contributed by atoms with Crippen LogP contribution in [0.1, 0.15) is 39.8 Å². The molecule has 1 aliphatic heterocycles. The predicted octanol–water partition coefficient (Wildman–Crippen LogP) is 2.62. The van der Waals surface area contributed by atoms with Crippen molar-refractivity contribution in [3.05, 3.63) is 68.8 Å². The number of thiophene rings is 1. The number of nitrogens with zero attached hydrogens (tertiary/aromatic N) is 5. The minimum atomic E-state index is -0.276. The van der Waals surface area contributed by atoms with Gasteiger partial charge in [-0.25, -0.2) is 19.7 Å². The number of H-pyrrole nitrogens is 1. The van der Waals surface area contributed by atoms with Crippen LogP contribution in [0.5, 0.6) is 0 Å². The normalized spacial score (nSPS) is 20.8. The molecule has 1 saturated heterocycles. The van der Waals surface area contributed by atoms with Gasteiger partial charge in [0.2, 0.25) is 0 Å². The van der Waals surface area contributed by atoms with E-state index in [-0.39, 0.29) is 36.0 Å². The number of aliphatic hydroxyl groups is 1. The molecular weight excluding hydrogens is 464 g/mol. The smallest absolute Gasteiger partial charge is 0.327 e. The van der Waals surface area contributed by atoms with Gasteiger partial charge >= 0.3 is 5.69 Å². The molecule has 1 fully saturated rings. The Labute approximate surface area is 205 Å². The van der Waals surface area contributed by atoms with Gasteiger partial charge in [0.1, 0.15) is 17.8 Å². The van der Waals surface area contributed by atoms with Gasteiger partial charge in [-0.15, -0.1) is 11.3 Å². The van der Waals surface area contributed by atoms with Crippen LogP contribution in [-0.2, 0) is 12.8 Å². The number of hydrogen-bond acceptors (Lipinski definition) is 8. The van der Waals surface area contributed by atoms with E-state index in [1.807, 2.05) is 16.7 Å². The van der Waals surface area contributed by atoms with E-state index in [0.717, 1.165) is 43.7 Å². The van der Waals surface area contributed by atoms with Crippen LogP contribution in [0, 0.1) is 11.8 Å². The van der Waals surface area contributed by atoms with E-state index in [2.05, 4.69) is 36.3 Å². The van der Waals surface area contributed by atoms with Gasteiger partial charge in [0.05, 0.1) is 5.52 Å². The number of carbonyl (C=O) groups is 1. The number of imidazole rings is 1. The highest BCUT2D eigenvalue weighted by atomic mass is 32.1. The molecule has 2 N–H and O–H groups in total. The van der Waals surface area contributed by atoms with Crippen molar-refractivity contribution in [1.82, 2.24) is 24.5 Å². The van der Waals surface area contributed by atoms with Crippen LogP contribution in [0.2, 0.25) is 0 Å². The number of hydrogen-bond donors (Lipinski definition) is 2. The second-order valence-electron chi connectivity index (χ2n) is 9.34. The topological polar surface area (TPSA) is 117 Å². The molecule has 6 rings (SSSR count). The fourth-order valence-corrected chi connectivity index (χ4v) is 6.51. The van der Waals surface area contributed by atoms with E-state index >= 15 is 0 Å². The number of anilines is 1. The number of nitrogens with one attached hydrogen (secondary N) is 1. The number of carbonyl (C=O) groups excluding carboxylic acids is 1. The standard InChI is InChI=1S/C25H26N6O3S/c32-13-16-10-15-5-9-35-21(15)11-18(16)23(33)19-12-22(28-14-27-19)30-7-3-17(4-8-30)31-20-2-1-6-26-24(20)29-25(31)34/h1-2,5-6,9,12,14,16-18,32H,3-4,7-8,10-11,13H2,(H,26,29,34). The number of Topliss-reactive ketones (excluding diaryl/α,β-unsaturated/α-hetero) is 1. The zero-order valence-electron chi connectivity index (χ0n) is 19.1. The van der Waals surface area contributed by atoms with E-state index in [4.69, 9.17) is 0 Å². The Hall–Kier alpha value is -3.37. The van der Waals surface area contributed by atoms with E-state index in [0.29, 0.717) is 17.8 Å². The summed E-state index contributed by atoms with van der Waals surface area (Å²) in [5.41, 5.74) is 2.95. The van der Waals surface area contributed by atoms with Gasteiger partial charge in [-0.1, -0.05) is 0 Å². The molecule has 0 aromatic carbocycles. The lowest BCUT2D eigenvalue weighted by Crippen LogP contribution is -2.38. The predicted molar refractivity (Wildman–Crippen MR) is 133 cm³/mol. The summed E-state index contributed by atoms with van der Waals surface area (Å²) in [5.74, 6) is 0.326. The molecule has 0 radical (unpaired) electrons. The molecular formula is C25H26N6O3S. The molecule has 0 spiro atoms. The Bertz CT molecular complexity index is 1430. The summed E-state index contributed by atoms with van der Waals surface area (Å²) in [4.78, 5) is 45.2. The maximum atomic E-state index is 13.4. The molecule has 1 aliphatic carbocycles. The Morgan fingerprint density at radius 1 is 1.17 bits per heavy atom. The van der Waals surface area contributed by atoms with Crippen LogP contribution in [0.4, 0.5) is 5.82 Å². The fourth-order valence-electron chi connectivity index (χ4n) is 5.54. The summed E-state index contributed by atoms with van der Waals surface area (Å²) in [5, 5.41) is 12.0. The highest BCUT2D eigenvalue weighted by Gasteiger charge is 2.35. The fraction of sp³-hybridized carbons (Fsp3) is 0.400. The Morgan fingerprint density at radius 3 is 2.86 bits per heavy atom. The highest BCUT2D eigenvalue weighted by molar-refractivity contribution is 7.10. The second-order valence-corrected chi connectivity index (χ2v) is 10.3. The lowest BCUT2D eigenvalue weighted by molar-refractivity contribution is 0.0797. The molecule has 10 heteroatoms. The molecule has 4 aromatic rings. The first kappa shape index (κ1) is 22.1. The van der Waals surface area contributed by atoms with Crippen molar-refractivity contribution in [2.45, 2.75) is 31.7 Å². The van der Waals surface area contributed by atoms with Crippen LogP contribution < -0.4 is 10.6 Å². The third-order valence-corrected chi connectivity index (χ3v) is 8.40. The lowest BCUT2D eigenvalue weighted by Gasteiger charge is -2.33. The summed E-state index contributed by atoms with van der Waals surface area (Å²) in [6, 6.07) is 7.71. The molecule has 2 atom stereocenters. The zero-order chi connectivity index (χ0) is 23.9. The molecule has 2 aliphatic rings. The third kappa shape index (κ3) is 3.96. The quantitative estimate of drug-likeness (QED) is 0.413. The van der Waals surface area contributed by atoms with Crippen molar-refractivity contribution >= 4 is 34.1 Å². The van der Waals surface area contributed by atoms with E-state index in [9.17, 15) is 14.7 Å². The van der Waals surface area contributed by atoms with Crippen molar-refractivity contribution in [2.75, 3.05) is 24.6 Å². The van der Waals surface area contributed by atoms with Gasteiger partial charge in [-0.05, 0) is 60.7 Å². The largest absolute Gasteiger partial charge is 0.396 e. The average Bonchev–Trinajstić information content (AvgIpc) is 3.50. The van der Waals surface area contributed by atoms with Gasteiger partial charge in [-0.3, -0.25) is 14.3 Å². The number of fused-ring (bicyclic) bond motifs is 2. The lowest BCUT2D eigenvalue weighted by atomic mass is 9.76. The van der Waals surface area contributed by atoms with E-state index in [1.54, 1.807) is 23.6 Å². The van der Waals surface area contributed by atoms with E-state index < -0.39 is 0 Å². The summed E-state index contributed by atoms with van der Waals surface area (Å²) < 4.78 is 1.81. The van der Waals surface area contributed by atoms with Gasteiger partial charge in [-0.2, -0.15) is 0 Å². The molecule has 2 unspecified atom stereocenters. The first-order valence-corrected chi connectivity index (χ1v) is 12.8. The first-order chi connectivity index (χ1) is 17.1. The summed E-state index contributed by atoms with van der Waals surface area (Å²) >= 11 is 1.68. The van der Waals surface area contributed by atoms with Gasteiger partial charge in [0, 0.05) is 48.8 Å². The molecule has 0 saturated carbocycles. The number of aliphatic hydroxyl groups excluding tert-OH is 1. The summed E-state index contributed by atoms with van der Waals surface area (Å²) in [7, 11) is 0. The molecule has 35 heavy (non-hydrogen) atoms. The molecule has 9 nitrogen and oxygen atoms in total. The van der Waals surface area contributed by atoms with Gasteiger partial charge in [0.15, 0.2) is 11.4 Å². The van der Waals surface area contributed by atoms with Crippen molar-refractivity contribution in [1.29, 1.82) is 0 Å². The summed E-state index contributed by atoms with van der Waals surface area (Å²) in [6.45, 7) is 1.42. The van der Waals surface area contributed by atoms with Crippen LogP contribution in [0.3, 0.4) is 0 Å². The maximum Gasteiger partial charge on any atom is 0.327 e. The number of piperidine rings is 1. The maximum absolute atomic E-state index is 13.4. The van der Waals surface area contributed by atoms with Gasteiger partial charge in [0.25, 0.3) is 0 Å². The second kappa shape index (κ2) is 9.01. The molecule has 4 aromatic heterocycles. The van der Waals surface area contributed by atoms with Gasteiger partial charge < -0.3 is 10.0 Å². The minimum Gasteiger partial charge on any atom is -0.396 e. The third-order valence-electron chi connectivity index (χ3n) is 7.41. The first-order valence-electron chi connectivity index (χ1n) is 11.9. The Morgan fingerprint density at radius 2 is 2.03 bits per heavy atom. The molecule has 0 amide bonds. The summed E-state index contributed by atoms with van der Waals surface area (Å²) in [6.07, 6.45) is 6.07. The number of ketones is 1. The number of aromatic nitrogens is 5. The van der Waals surface area contributed by atoms with Crippen LogP contribution >= 0.6 is 11.3 Å². The number of pyridine rings is 1. The van der Waals surface area contributed by atoms with Crippen LogP contribution in [0.15, 0.2) is 47.0 Å². The monoisotopic (exact) mass is 490 g/mol. The van der Waals surface area contributed by atoms with Crippen molar-refractivity contribution in [2.24, 2.45) is 11.8 Å². The SMILES string of the molecule is O=C(c1cc(N2CCC(n3c(=O)[nH]c4ncccc43)CC2)ncn1)C1Cc2sccc2CC1CO. The number of aromatic amines is 1. The molecule has 180 valence electrons. The zero-order valence-corrected chi connectivity index (χ0v) is 19.9. The average molecular weight is 491 g/mol. The van der Waals surface area contributed by atoms with E-state index in [1.165, 1.54) is 16.8 Å². The Balaban J connectivity index is 1.18. The molecule has 0 bridgehead atoms. The van der Waals surface area contributed by atoms with Crippen LogP contribution in [0.25, 0.3) is 11.2 Å². The molecule has 5 heterocycles. The highest BCUT2D eigenvalue weighted by Crippen LogP contribution is 2.35. The van der Waals surface area contributed by atoms with Crippen molar-refractivity contribution in [3.63, 3.8) is 0 Å².